The van der Waals surface area contributed by atoms with E-state index in [-0.39, 0.29) is 36.0 Å². The third kappa shape index (κ3) is 5.47. The van der Waals surface area contributed by atoms with Gasteiger partial charge in [-0.15, -0.1) is 0 Å². The van der Waals surface area contributed by atoms with E-state index in [9.17, 15) is 9.59 Å². The normalized spacial score (nSPS) is 14.9. The Morgan fingerprint density at radius 2 is 2.00 bits per heavy atom. The molecule has 0 spiro atoms. The predicted molar refractivity (Wildman–Crippen MR) is 120 cm³/mol. The number of amides is 2. The Morgan fingerprint density at radius 3 is 2.68 bits per heavy atom. The fourth-order valence-corrected chi connectivity index (χ4v) is 3.66. The summed E-state index contributed by atoms with van der Waals surface area (Å²) in [4.78, 5) is 27.3. The van der Waals surface area contributed by atoms with Crippen LogP contribution < -0.4 is 20.3 Å². The van der Waals surface area contributed by atoms with Crippen LogP contribution in [-0.2, 0) is 9.59 Å². The van der Waals surface area contributed by atoms with E-state index in [4.69, 9.17) is 21.6 Å². The first kappa shape index (κ1) is 22.4. The number of nitrogens with zero attached hydrogens (tertiary/aromatic N) is 2. The lowest BCUT2D eigenvalue weighted by Gasteiger charge is -2.35. The average Bonchev–Trinajstić information content (AvgIpc) is 2.77. The fraction of sp³-hybridized carbons (Fsp3) is 0.348. The Labute approximate surface area is 186 Å². The number of hydrogen-bond donors (Lipinski definition) is 2. The molecule has 0 aliphatic carbocycles. The Kier molecular flexibility index (Phi) is 7.37. The standard InChI is InChI=1S/C23H25ClN4O3/c1-3-16(4-2)27-23(30)21-13-28(19-7-5-6-8-20(19)31-21)14-22(29)26-17-10-9-15(12-25)18(24)11-17/h5-11,16,21H,3-4,13-14H2,1-2H3,(H,26,29)(H,27,30). The zero-order valence-corrected chi connectivity index (χ0v) is 18.3. The number of para-hydroxylation sites is 2. The number of anilines is 2. The van der Waals surface area contributed by atoms with Crippen molar-refractivity contribution in [1.29, 1.82) is 5.26 Å². The first-order valence-electron chi connectivity index (χ1n) is 10.3. The van der Waals surface area contributed by atoms with Gasteiger partial charge in [0.25, 0.3) is 5.91 Å². The monoisotopic (exact) mass is 440 g/mol. The molecule has 0 saturated heterocycles. The summed E-state index contributed by atoms with van der Waals surface area (Å²) in [5.74, 6) is 0.108. The molecule has 8 heteroatoms. The lowest BCUT2D eigenvalue weighted by molar-refractivity contribution is -0.129. The molecule has 0 fully saturated rings. The molecule has 0 aromatic heterocycles. The highest BCUT2D eigenvalue weighted by Gasteiger charge is 2.32. The van der Waals surface area contributed by atoms with Gasteiger partial charge in [0.05, 0.1) is 29.4 Å². The number of carbonyl (C=O) groups is 2. The van der Waals surface area contributed by atoms with Crippen LogP contribution in [0.2, 0.25) is 5.02 Å². The van der Waals surface area contributed by atoms with Crippen molar-refractivity contribution in [2.45, 2.75) is 38.8 Å². The quantitative estimate of drug-likeness (QED) is 0.684. The number of nitriles is 1. The van der Waals surface area contributed by atoms with Gasteiger partial charge in [-0.2, -0.15) is 5.26 Å². The third-order valence-corrected chi connectivity index (χ3v) is 5.51. The summed E-state index contributed by atoms with van der Waals surface area (Å²) >= 11 is 6.05. The van der Waals surface area contributed by atoms with E-state index in [0.29, 0.717) is 17.0 Å². The molecule has 1 aliphatic heterocycles. The molecule has 2 aromatic rings. The highest BCUT2D eigenvalue weighted by Crippen LogP contribution is 2.33. The van der Waals surface area contributed by atoms with Crippen molar-refractivity contribution in [2.75, 3.05) is 23.3 Å². The van der Waals surface area contributed by atoms with Crippen molar-refractivity contribution >= 4 is 34.8 Å². The molecule has 0 saturated carbocycles. The first-order chi connectivity index (χ1) is 14.9. The molecule has 2 aromatic carbocycles. The molecule has 0 bridgehead atoms. The minimum atomic E-state index is -0.715. The summed E-state index contributed by atoms with van der Waals surface area (Å²) in [5, 5.41) is 15.1. The summed E-state index contributed by atoms with van der Waals surface area (Å²) in [5.41, 5.74) is 1.59. The molecule has 7 nitrogen and oxygen atoms in total. The molecule has 1 aliphatic rings. The number of carbonyl (C=O) groups excluding carboxylic acids is 2. The highest BCUT2D eigenvalue weighted by atomic mass is 35.5. The number of hydrogen-bond acceptors (Lipinski definition) is 5. The third-order valence-electron chi connectivity index (χ3n) is 5.19. The number of benzene rings is 2. The first-order valence-corrected chi connectivity index (χ1v) is 10.6. The van der Waals surface area contributed by atoms with E-state index in [1.165, 1.54) is 6.07 Å². The van der Waals surface area contributed by atoms with E-state index in [2.05, 4.69) is 10.6 Å². The number of rotatable bonds is 7. The second-order valence-electron chi connectivity index (χ2n) is 7.33. The molecule has 1 unspecified atom stereocenters. The molecule has 2 N–H and O–H groups in total. The van der Waals surface area contributed by atoms with Gasteiger partial charge in [0, 0.05) is 11.7 Å². The van der Waals surface area contributed by atoms with Crippen LogP contribution in [0.3, 0.4) is 0 Å². The van der Waals surface area contributed by atoms with Crippen LogP contribution in [0.1, 0.15) is 32.3 Å². The SMILES string of the molecule is CCC(CC)NC(=O)C1CN(CC(=O)Nc2ccc(C#N)c(Cl)c2)c2ccccc2O1. The van der Waals surface area contributed by atoms with Crippen molar-refractivity contribution in [3.8, 4) is 11.8 Å². The van der Waals surface area contributed by atoms with Crippen LogP contribution in [0.25, 0.3) is 0 Å². The van der Waals surface area contributed by atoms with Crippen LogP contribution in [0.15, 0.2) is 42.5 Å². The summed E-state index contributed by atoms with van der Waals surface area (Å²) in [6.45, 7) is 4.34. The maximum Gasteiger partial charge on any atom is 0.263 e. The van der Waals surface area contributed by atoms with E-state index in [1.807, 2.05) is 43.0 Å². The Balaban J connectivity index is 1.73. The lowest BCUT2D eigenvalue weighted by Crippen LogP contribution is -2.52. The average molecular weight is 441 g/mol. The minimum absolute atomic E-state index is 0.0345. The van der Waals surface area contributed by atoms with Crippen LogP contribution in [0.4, 0.5) is 11.4 Å². The second-order valence-corrected chi connectivity index (χ2v) is 7.74. The largest absolute Gasteiger partial charge is 0.477 e. The van der Waals surface area contributed by atoms with Gasteiger partial charge < -0.3 is 20.3 Å². The molecule has 1 atom stereocenters. The van der Waals surface area contributed by atoms with Crippen LogP contribution in [0, 0.1) is 11.3 Å². The van der Waals surface area contributed by atoms with Crippen LogP contribution in [-0.4, -0.2) is 37.0 Å². The highest BCUT2D eigenvalue weighted by molar-refractivity contribution is 6.32. The van der Waals surface area contributed by atoms with Gasteiger partial charge in [-0.05, 0) is 43.2 Å². The zero-order valence-electron chi connectivity index (χ0n) is 17.5. The van der Waals surface area contributed by atoms with Gasteiger partial charge in [-0.3, -0.25) is 9.59 Å². The van der Waals surface area contributed by atoms with Crippen molar-refractivity contribution in [1.82, 2.24) is 5.32 Å². The maximum atomic E-state index is 12.8. The summed E-state index contributed by atoms with van der Waals surface area (Å²) in [7, 11) is 0. The van der Waals surface area contributed by atoms with Crippen molar-refractivity contribution in [3.63, 3.8) is 0 Å². The van der Waals surface area contributed by atoms with Crippen molar-refractivity contribution in [2.24, 2.45) is 0 Å². The summed E-state index contributed by atoms with van der Waals surface area (Å²) in [6, 6.07) is 14.1. The minimum Gasteiger partial charge on any atom is -0.477 e. The molecule has 1 heterocycles. The summed E-state index contributed by atoms with van der Waals surface area (Å²) in [6.07, 6.45) is 0.961. The van der Waals surface area contributed by atoms with E-state index >= 15 is 0 Å². The molecule has 0 radical (unpaired) electrons. The van der Waals surface area contributed by atoms with E-state index < -0.39 is 6.10 Å². The van der Waals surface area contributed by atoms with Crippen molar-refractivity contribution in [3.05, 3.63) is 53.1 Å². The van der Waals surface area contributed by atoms with Gasteiger partial charge >= 0.3 is 0 Å². The van der Waals surface area contributed by atoms with Gasteiger partial charge in [-0.1, -0.05) is 37.6 Å². The predicted octanol–water partition coefficient (Wildman–Crippen LogP) is 3.72. The molecule has 162 valence electrons. The maximum absolute atomic E-state index is 12.8. The fourth-order valence-electron chi connectivity index (χ4n) is 3.44. The van der Waals surface area contributed by atoms with Gasteiger partial charge in [0.1, 0.15) is 11.8 Å². The Hall–Kier alpha value is -3.24. The molecule has 3 rings (SSSR count). The van der Waals surface area contributed by atoms with Crippen LogP contribution >= 0.6 is 11.6 Å². The number of ether oxygens (including phenoxy) is 1. The number of fused-ring (bicyclic) bond motifs is 1. The Bertz CT molecular complexity index is 1000. The number of halogens is 1. The smallest absolute Gasteiger partial charge is 0.263 e. The van der Waals surface area contributed by atoms with E-state index in [1.54, 1.807) is 18.2 Å². The molecular formula is C23H25ClN4O3. The molecular weight excluding hydrogens is 416 g/mol. The Morgan fingerprint density at radius 1 is 1.26 bits per heavy atom. The molecule has 2 amide bonds. The second kappa shape index (κ2) is 10.2. The topological polar surface area (TPSA) is 94.5 Å². The van der Waals surface area contributed by atoms with Gasteiger partial charge in [-0.25, -0.2) is 0 Å². The molecule has 31 heavy (non-hydrogen) atoms. The van der Waals surface area contributed by atoms with Gasteiger partial charge in [0.2, 0.25) is 5.91 Å². The van der Waals surface area contributed by atoms with Crippen molar-refractivity contribution < 1.29 is 14.3 Å². The van der Waals surface area contributed by atoms with Crippen LogP contribution in [0.5, 0.6) is 5.75 Å². The lowest BCUT2D eigenvalue weighted by atomic mass is 10.1. The number of nitrogens with one attached hydrogen (secondary N) is 2. The van der Waals surface area contributed by atoms with E-state index in [0.717, 1.165) is 18.5 Å². The summed E-state index contributed by atoms with van der Waals surface area (Å²) < 4.78 is 5.92. The zero-order chi connectivity index (χ0) is 22.4. The van der Waals surface area contributed by atoms with Gasteiger partial charge in [0.15, 0.2) is 6.10 Å².